The average Bonchev–Trinajstić information content (AvgIpc) is 2.49. The predicted molar refractivity (Wildman–Crippen MR) is 78.9 cm³/mol. The fourth-order valence-electron chi connectivity index (χ4n) is 1.60. The maximum absolute atomic E-state index is 11.5. The van der Waals surface area contributed by atoms with E-state index in [4.69, 9.17) is 25.8 Å². The van der Waals surface area contributed by atoms with Crippen LogP contribution in [0.3, 0.4) is 0 Å². The second kappa shape index (κ2) is 8.32. The third-order valence-corrected chi connectivity index (χ3v) is 2.70. The number of rotatable bonds is 7. The molecular formula is C14H18ClNO4. The minimum absolute atomic E-state index is 0.209. The van der Waals surface area contributed by atoms with E-state index < -0.39 is 0 Å². The quantitative estimate of drug-likeness (QED) is 0.619. The molecule has 0 atom stereocenters. The highest BCUT2D eigenvalue weighted by Gasteiger charge is 2.12. The monoisotopic (exact) mass is 299 g/mol. The zero-order valence-corrected chi connectivity index (χ0v) is 12.5. The number of carbonyl (C=O) groups is 1. The molecule has 0 saturated carbocycles. The number of amides is 1. The van der Waals surface area contributed by atoms with Gasteiger partial charge < -0.3 is 19.5 Å². The molecule has 0 bridgehead atoms. The van der Waals surface area contributed by atoms with Gasteiger partial charge >= 0.3 is 0 Å². The van der Waals surface area contributed by atoms with E-state index in [1.54, 1.807) is 18.2 Å². The minimum Gasteiger partial charge on any atom is -0.493 e. The normalized spacial score (nSPS) is 10.4. The third kappa shape index (κ3) is 4.35. The van der Waals surface area contributed by atoms with Crippen molar-refractivity contribution in [3.05, 3.63) is 23.8 Å². The Bertz CT molecular complexity index is 463. The van der Waals surface area contributed by atoms with Gasteiger partial charge in [-0.1, -0.05) is 0 Å². The molecule has 110 valence electrons. The van der Waals surface area contributed by atoms with Crippen LogP contribution in [-0.2, 0) is 4.79 Å². The fraction of sp³-hybridized carbons (Fsp3) is 0.357. The van der Waals surface area contributed by atoms with Crippen molar-refractivity contribution in [2.45, 2.75) is 0 Å². The van der Waals surface area contributed by atoms with Crippen molar-refractivity contribution >= 4 is 23.6 Å². The van der Waals surface area contributed by atoms with Crippen LogP contribution >= 0.6 is 11.6 Å². The lowest BCUT2D eigenvalue weighted by Crippen LogP contribution is -2.22. The summed E-state index contributed by atoms with van der Waals surface area (Å²) in [6, 6.07) is 3.51. The van der Waals surface area contributed by atoms with Crippen molar-refractivity contribution in [1.82, 2.24) is 5.32 Å². The first-order valence-corrected chi connectivity index (χ1v) is 6.51. The standard InChI is InChI=1S/C14H18ClNO4/c1-18-11-8-10(4-5-13(17)16-7-6-15)9-12(19-2)14(11)20-3/h4-5,8-9H,6-7H2,1-3H3,(H,16,17). The number of hydrogen-bond donors (Lipinski definition) is 1. The van der Waals surface area contributed by atoms with Crippen LogP contribution in [0.5, 0.6) is 17.2 Å². The Kier molecular flexibility index (Phi) is 6.73. The average molecular weight is 300 g/mol. The second-order valence-corrected chi connectivity index (χ2v) is 4.15. The summed E-state index contributed by atoms with van der Waals surface area (Å²) in [7, 11) is 4.62. The van der Waals surface area contributed by atoms with Crippen LogP contribution in [0.4, 0.5) is 0 Å². The summed E-state index contributed by atoms with van der Waals surface area (Å²) in [6.07, 6.45) is 3.08. The molecule has 1 rings (SSSR count). The molecule has 5 nitrogen and oxygen atoms in total. The summed E-state index contributed by atoms with van der Waals surface area (Å²) in [6.45, 7) is 0.431. The van der Waals surface area contributed by atoms with Crippen LogP contribution in [0.25, 0.3) is 6.08 Å². The minimum atomic E-state index is -0.209. The summed E-state index contributed by atoms with van der Waals surface area (Å²) in [4.78, 5) is 11.5. The first-order chi connectivity index (χ1) is 9.65. The lowest BCUT2D eigenvalue weighted by molar-refractivity contribution is -0.116. The van der Waals surface area contributed by atoms with E-state index in [1.165, 1.54) is 27.4 Å². The lowest BCUT2D eigenvalue weighted by Gasteiger charge is -2.12. The highest BCUT2D eigenvalue weighted by molar-refractivity contribution is 6.18. The van der Waals surface area contributed by atoms with E-state index >= 15 is 0 Å². The molecule has 1 N–H and O–H groups in total. The molecule has 1 amide bonds. The van der Waals surface area contributed by atoms with E-state index in [2.05, 4.69) is 5.32 Å². The molecule has 0 saturated heterocycles. The van der Waals surface area contributed by atoms with Crippen LogP contribution in [0.2, 0.25) is 0 Å². The molecule has 0 aliphatic rings. The molecule has 1 aromatic carbocycles. The first kappa shape index (κ1) is 16.2. The molecule has 20 heavy (non-hydrogen) atoms. The molecule has 1 aromatic rings. The van der Waals surface area contributed by atoms with E-state index in [-0.39, 0.29) is 5.91 Å². The van der Waals surface area contributed by atoms with Crippen molar-refractivity contribution in [1.29, 1.82) is 0 Å². The van der Waals surface area contributed by atoms with Gasteiger partial charge in [-0.3, -0.25) is 4.79 Å². The lowest BCUT2D eigenvalue weighted by atomic mass is 10.1. The molecule has 6 heteroatoms. The molecule has 0 unspecified atom stereocenters. The largest absolute Gasteiger partial charge is 0.493 e. The smallest absolute Gasteiger partial charge is 0.244 e. The first-order valence-electron chi connectivity index (χ1n) is 5.98. The molecule has 0 aliphatic carbocycles. The number of halogens is 1. The van der Waals surface area contributed by atoms with Gasteiger partial charge in [0.1, 0.15) is 0 Å². The maximum atomic E-state index is 11.5. The van der Waals surface area contributed by atoms with Crippen molar-refractivity contribution in [3.63, 3.8) is 0 Å². The van der Waals surface area contributed by atoms with Gasteiger partial charge in [0.2, 0.25) is 11.7 Å². The van der Waals surface area contributed by atoms with Crippen LogP contribution in [0, 0.1) is 0 Å². The molecule has 0 heterocycles. The Hall–Kier alpha value is -1.88. The topological polar surface area (TPSA) is 56.8 Å². The molecular weight excluding hydrogens is 282 g/mol. The van der Waals surface area contributed by atoms with Crippen LogP contribution in [0.1, 0.15) is 5.56 Å². The molecule has 0 radical (unpaired) electrons. The van der Waals surface area contributed by atoms with Gasteiger partial charge in [0, 0.05) is 18.5 Å². The maximum Gasteiger partial charge on any atom is 0.244 e. The third-order valence-electron chi connectivity index (χ3n) is 2.51. The Morgan fingerprint density at radius 3 is 2.25 bits per heavy atom. The van der Waals surface area contributed by atoms with Crippen LogP contribution in [0.15, 0.2) is 18.2 Å². The number of benzene rings is 1. The van der Waals surface area contributed by atoms with Crippen molar-refractivity contribution in [3.8, 4) is 17.2 Å². The number of ether oxygens (including phenoxy) is 3. The molecule has 0 aliphatic heterocycles. The van der Waals surface area contributed by atoms with E-state index in [1.807, 2.05) is 0 Å². The molecule has 0 spiro atoms. The van der Waals surface area contributed by atoms with Gasteiger partial charge in [0.25, 0.3) is 0 Å². The van der Waals surface area contributed by atoms with E-state index in [0.29, 0.717) is 29.7 Å². The van der Waals surface area contributed by atoms with Gasteiger partial charge in [-0.25, -0.2) is 0 Å². The summed E-state index contributed by atoms with van der Waals surface area (Å²) in [5, 5.41) is 2.64. The zero-order chi connectivity index (χ0) is 15.0. The fourth-order valence-corrected chi connectivity index (χ4v) is 1.69. The predicted octanol–water partition coefficient (Wildman–Crippen LogP) is 2.08. The Balaban J connectivity index is 2.96. The zero-order valence-electron chi connectivity index (χ0n) is 11.7. The number of nitrogens with one attached hydrogen (secondary N) is 1. The van der Waals surface area contributed by atoms with Gasteiger partial charge in [-0.05, 0) is 23.8 Å². The highest BCUT2D eigenvalue weighted by atomic mass is 35.5. The van der Waals surface area contributed by atoms with Gasteiger partial charge in [-0.2, -0.15) is 0 Å². The van der Waals surface area contributed by atoms with E-state index in [9.17, 15) is 4.79 Å². The van der Waals surface area contributed by atoms with Crippen molar-refractivity contribution < 1.29 is 19.0 Å². The molecule has 0 fully saturated rings. The summed E-state index contributed by atoms with van der Waals surface area (Å²) >= 11 is 5.49. The Morgan fingerprint density at radius 2 is 1.80 bits per heavy atom. The number of alkyl halides is 1. The molecule has 0 aromatic heterocycles. The Morgan fingerprint density at radius 1 is 1.20 bits per heavy atom. The summed E-state index contributed by atoms with van der Waals surface area (Å²) in [5.41, 5.74) is 0.764. The van der Waals surface area contributed by atoms with Gasteiger partial charge in [0.05, 0.1) is 21.3 Å². The van der Waals surface area contributed by atoms with Crippen molar-refractivity contribution in [2.75, 3.05) is 33.8 Å². The Labute approximate surface area is 123 Å². The highest BCUT2D eigenvalue weighted by Crippen LogP contribution is 2.38. The summed E-state index contributed by atoms with van der Waals surface area (Å²) in [5.74, 6) is 1.75. The van der Waals surface area contributed by atoms with Crippen LogP contribution < -0.4 is 19.5 Å². The van der Waals surface area contributed by atoms with Crippen LogP contribution in [-0.4, -0.2) is 39.7 Å². The van der Waals surface area contributed by atoms with Crippen molar-refractivity contribution in [2.24, 2.45) is 0 Å². The van der Waals surface area contributed by atoms with Gasteiger partial charge in [0.15, 0.2) is 11.5 Å². The second-order valence-electron chi connectivity index (χ2n) is 3.77. The summed E-state index contributed by atoms with van der Waals surface area (Å²) < 4.78 is 15.7. The van der Waals surface area contributed by atoms with Gasteiger partial charge in [-0.15, -0.1) is 11.6 Å². The number of methoxy groups -OCH3 is 3. The van der Waals surface area contributed by atoms with E-state index in [0.717, 1.165) is 5.56 Å². The SMILES string of the molecule is COc1cc(C=CC(=O)NCCCl)cc(OC)c1OC. The number of hydrogen-bond acceptors (Lipinski definition) is 4. The number of carbonyl (C=O) groups excluding carboxylic acids is 1.